The number of fused-ring (bicyclic) bond motifs is 5. The van der Waals surface area contributed by atoms with E-state index in [4.69, 9.17) is 9.47 Å². The van der Waals surface area contributed by atoms with Crippen LogP contribution in [-0.2, 0) is 22.4 Å². The summed E-state index contributed by atoms with van der Waals surface area (Å²) in [6, 6.07) is 6.19. The normalized spacial score (nSPS) is 48.1. The van der Waals surface area contributed by atoms with E-state index < -0.39 is 89.5 Å². The van der Waals surface area contributed by atoms with Crippen LogP contribution >= 0.6 is 0 Å². The maximum absolute atomic E-state index is 13.3. The molecule has 1 aromatic carbocycles. The molecular formula is C35H50FN3O10. The topological polar surface area (TPSA) is 211 Å². The Morgan fingerprint density at radius 1 is 1.00 bits per heavy atom. The standard InChI is InChI=1S/C35H50FN3O10/c1-18-28(43)29(44)30(45)31(48-18)49-23-12-26(42)34(17-40)27-24(8-9-33(34,46)13-23)35(47)10-7-20(32(35,2)14-25(27)41)11-22-16-39(38-37-22)15-19-3-5-21(36)6-4-19/h3-6,16,18,20,23-31,40-47H,7-15,17H2,1-2H3/t18-,20+,23-,24?,25+,26+,27?,28-,29+,30+,31-,32+,33-,34+,35-/m0/s1. The Hall–Kier alpha value is -2.11. The molecule has 2 unspecified atom stereocenters. The van der Waals surface area contributed by atoms with Crippen LogP contribution in [0.5, 0.6) is 0 Å². The fraction of sp³-hybridized carbons (Fsp3) is 0.771. The molecule has 15 atom stereocenters. The first-order valence-corrected chi connectivity index (χ1v) is 17.6. The van der Waals surface area contributed by atoms with Crippen molar-refractivity contribution in [1.29, 1.82) is 0 Å². The molecule has 5 fully saturated rings. The number of nitrogens with zero attached hydrogens (tertiary/aromatic N) is 3. The highest BCUT2D eigenvalue weighted by Crippen LogP contribution is 2.70. The van der Waals surface area contributed by atoms with Crippen molar-refractivity contribution >= 4 is 0 Å². The maximum atomic E-state index is 13.3. The van der Waals surface area contributed by atoms with E-state index in [1.165, 1.54) is 19.1 Å². The highest BCUT2D eigenvalue weighted by atomic mass is 19.1. The van der Waals surface area contributed by atoms with Gasteiger partial charge >= 0.3 is 0 Å². The summed E-state index contributed by atoms with van der Waals surface area (Å²) >= 11 is 0. The molecule has 8 N–H and O–H groups in total. The molecule has 5 aliphatic rings. The van der Waals surface area contributed by atoms with Crippen LogP contribution in [0.3, 0.4) is 0 Å². The Morgan fingerprint density at radius 3 is 2.45 bits per heavy atom. The second-order valence-electron chi connectivity index (χ2n) is 15.9. The van der Waals surface area contributed by atoms with Crippen LogP contribution in [-0.4, -0.2) is 123 Å². The number of hydrogen-bond donors (Lipinski definition) is 8. The number of aliphatic hydroxyl groups excluding tert-OH is 6. The summed E-state index contributed by atoms with van der Waals surface area (Å²) in [4.78, 5) is 0. The maximum Gasteiger partial charge on any atom is 0.186 e. The van der Waals surface area contributed by atoms with Crippen molar-refractivity contribution < 1.29 is 54.7 Å². The molecule has 13 nitrogen and oxygen atoms in total. The quantitative estimate of drug-likeness (QED) is 0.181. The molecule has 2 heterocycles. The summed E-state index contributed by atoms with van der Waals surface area (Å²) in [7, 11) is 0. The minimum atomic E-state index is -1.68. The monoisotopic (exact) mass is 691 g/mol. The van der Waals surface area contributed by atoms with Crippen LogP contribution in [0.1, 0.15) is 70.1 Å². The molecule has 272 valence electrons. The number of aliphatic hydroxyl groups is 8. The second kappa shape index (κ2) is 12.5. The Bertz CT molecular complexity index is 1500. The highest BCUT2D eigenvalue weighted by Gasteiger charge is 2.75. The van der Waals surface area contributed by atoms with Gasteiger partial charge in [0.15, 0.2) is 6.29 Å². The van der Waals surface area contributed by atoms with Gasteiger partial charge in [0.1, 0.15) is 24.1 Å². The van der Waals surface area contributed by atoms with Gasteiger partial charge < -0.3 is 50.3 Å². The van der Waals surface area contributed by atoms with Crippen molar-refractivity contribution in [3.63, 3.8) is 0 Å². The van der Waals surface area contributed by atoms with E-state index in [1.54, 1.807) is 16.8 Å². The van der Waals surface area contributed by atoms with E-state index in [0.717, 1.165) is 11.3 Å². The molecule has 0 bridgehead atoms. The van der Waals surface area contributed by atoms with Gasteiger partial charge in [0.2, 0.25) is 0 Å². The zero-order valence-corrected chi connectivity index (χ0v) is 27.9. The fourth-order valence-corrected chi connectivity index (χ4v) is 10.9. The molecule has 1 aromatic heterocycles. The largest absolute Gasteiger partial charge is 0.396 e. The third-order valence-corrected chi connectivity index (χ3v) is 13.5. The number of rotatable bonds is 7. The molecular weight excluding hydrogens is 641 g/mol. The molecule has 4 saturated carbocycles. The third kappa shape index (κ3) is 5.40. The van der Waals surface area contributed by atoms with Crippen molar-refractivity contribution in [3.05, 3.63) is 47.5 Å². The first-order chi connectivity index (χ1) is 23.2. The highest BCUT2D eigenvalue weighted by molar-refractivity contribution is 5.25. The zero-order chi connectivity index (χ0) is 35.1. The van der Waals surface area contributed by atoms with Crippen LogP contribution in [0.25, 0.3) is 0 Å². The van der Waals surface area contributed by atoms with E-state index in [2.05, 4.69) is 10.3 Å². The van der Waals surface area contributed by atoms with Gasteiger partial charge in [-0.05, 0) is 75.0 Å². The lowest BCUT2D eigenvalue weighted by Crippen LogP contribution is -2.76. The first kappa shape index (κ1) is 35.3. The van der Waals surface area contributed by atoms with Crippen LogP contribution in [0.4, 0.5) is 4.39 Å². The van der Waals surface area contributed by atoms with Gasteiger partial charge in [-0.2, -0.15) is 0 Å². The summed E-state index contributed by atoms with van der Waals surface area (Å²) in [5.41, 5.74) is -3.57. The summed E-state index contributed by atoms with van der Waals surface area (Å²) in [6.07, 6.45) is -5.63. The SMILES string of the molecule is C[C@@H]1O[C@@H](O[C@H]2C[C@@H](O)[C@]3(CO)C4C(CC[C@]3(O)C2)[C@@]2(O)CC[C@H](Cc3cn(Cc5ccc(F)cc5)nn3)[C@@]2(C)C[C@H]4O)[C@H](O)[C@H](O)[C@H]1O. The lowest BCUT2D eigenvalue weighted by molar-refractivity contribution is -0.342. The molecule has 2 aromatic rings. The van der Waals surface area contributed by atoms with Gasteiger partial charge in [0, 0.05) is 30.4 Å². The van der Waals surface area contributed by atoms with E-state index in [1.807, 2.05) is 13.1 Å². The van der Waals surface area contributed by atoms with Crippen LogP contribution in [0.2, 0.25) is 0 Å². The summed E-state index contributed by atoms with van der Waals surface area (Å²) in [5, 5.41) is 99.3. The Morgan fingerprint density at radius 2 is 1.73 bits per heavy atom. The van der Waals surface area contributed by atoms with Crippen molar-refractivity contribution in [2.24, 2.45) is 28.6 Å². The summed E-state index contributed by atoms with van der Waals surface area (Å²) in [5.74, 6) is -1.67. The van der Waals surface area contributed by atoms with Gasteiger partial charge in [-0.25, -0.2) is 9.07 Å². The van der Waals surface area contributed by atoms with Crippen LogP contribution in [0.15, 0.2) is 30.5 Å². The molecule has 49 heavy (non-hydrogen) atoms. The van der Waals surface area contributed by atoms with E-state index in [9.17, 15) is 45.2 Å². The van der Waals surface area contributed by atoms with Gasteiger partial charge in [0.05, 0.1) is 59.9 Å². The number of aromatic nitrogens is 3. The average Bonchev–Trinajstić information content (AvgIpc) is 3.60. The van der Waals surface area contributed by atoms with E-state index in [-0.39, 0.29) is 37.4 Å². The molecule has 1 aliphatic heterocycles. The second-order valence-corrected chi connectivity index (χ2v) is 15.9. The third-order valence-electron chi connectivity index (χ3n) is 13.5. The molecule has 0 amide bonds. The Kier molecular flexibility index (Phi) is 9.03. The Balaban J connectivity index is 1.09. The molecule has 14 heteroatoms. The van der Waals surface area contributed by atoms with Gasteiger partial charge in [-0.3, -0.25) is 0 Å². The Labute approximate surface area is 284 Å². The van der Waals surface area contributed by atoms with Crippen molar-refractivity contribution in [1.82, 2.24) is 15.0 Å². The summed E-state index contributed by atoms with van der Waals surface area (Å²) < 4.78 is 26.7. The average molecular weight is 692 g/mol. The fourth-order valence-electron chi connectivity index (χ4n) is 10.9. The summed E-state index contributed by atoms with van der Waals surface area (Å²) in [6.45, 7) is 3.35. The van der Waals surface area contributed by atoms with Crippen molar-refractivity contribution in [2.75, 3.05) is 6.61 Å². The first-order valence-electron chi connectivity index (χ1n) is 17.6. The predicted molar refractivity (Wildman–Crippen MR) is 169 cm³/mol. The molecule has 1 saturated heterocycles. The molecule has 0 spiro atoms. The van der Waals surface area contributed by atoms with E-state index >= 15 is 0 Å². The lowest BCUT2D eigenvalue weighted by atomic mass is 9.40. The lowest BCUT2D eigenvalue weighted by Gasteiger charge is -2.68. The van der Waals surface area contributed by atoms with E-state index in [0.29, 0.717) is 32.2 Å². The number of hydrogen-bond acceptors (Lipinski definition) is 12. The molecule has 0 radical (unpaired) electrons. The smallest absolute Gasteiger partial charge is 0.186 e. The molecule has 4 aliphatic carbocycles. The van der Waals surface area contributed by atoms with Gasteiger partial charge in [-0.15, -0.1) is 5.10 Å². The van der Waals surface area contributed by atoms with Crippen LogP contribution < -0.4 is 0 Å². The number of ether oxygens (including phenoxy) is 2. The number of halogens is 1. The van der Waals surface area contributed by atoms with Gasteiger partial charge in [0.25, 0.3) is 0 Å². The predicted octanol–water partition coefficient (Wildman–Crippen LogP) is 0.0234. The van der Waals surface area contributed by atoms with Crippen LogP contribution in [0, 0.1) is 34.4 Å². The minimum absolute atomic E-state index is 0.0356. The van der Waals surface area contributed by atoms with Crippen molar-refractivity contribution in [3.8, 4) is 0 Å². The van der Waals surface area contributed by atoms with Crippen molar-refractivity contribution in [2.45, 2.75) is 132 Å². The minimum Gasteiger partial charge on any atom is -0.396 e. The molecule has 7 rings (SSSR count). The number of benzene rings is 1. The zero-order valence-electron chi connectivity index (χ0n) is 27.9. The van der Waals surface area contributed by atoms with Gasteiger partial charge in [-0.1, -0.05) is 24.3 Å².